The number of carbonyl (C=O) groups excluding carboxylic acids is 1. The zero-order chi connectivity index (χ0) is 7.14. The number of β-lactam (4-membered cyclic amide) rings is 1. The summed E-state index contributed by atoms with van der Waals surface area (Å²) in [6.45, 7) is 0. The Morgan fingerprint density at radius 2 is 2.50 bits per heavy atom. The average Bonchev–Trinajstić information content (AvgIpc) is 1.92. The van der Waals surface area contributed by atoms with Gasteiger partial charge < -0.3 is 4.90 Å². The van der Waals surface area contributed by atoms with E-state index in [0.29, 0.717) is 11.9 Å². The highest BCUT2D eigenvalue weighted by atomic mass is 127. The van der Waals surface area contributed by atoms with Crippen LogP contribution in [-0.2, 0) is 4.79 Å². The van der Waals surface area contributed by atoms with E-state index in [1.54, 1.807) is 0 Å². The smallest absolute Gasteiger partial charge is 0.228 e. The van der Waals surface area contributed by atoms with Crippen LogP contribution >= 0.6 is 22.6 Å². The first-order valence-corrected chi connectivity index (χ1v) is 4.52. The highest BCUT2D eigenvalue weighted by Gasteiger charge is 2.36. The number of hydrogen-bond donors (Lipinski definition) is 0. The van der Waals surface area contributed by atoms with E-state index in [9.17, 15) is 4.79 Å². The largest absolute Gasteiger partial charge is 0.315 e. The Hall–Kier alpha value is -0.0600. The van der Waals surface area contributed by atoms with Crippen LogP contribution in [0.3, 0.4) is 0 Å². The van der Waals surface area contributed by atoms with E-state index in [-0.39, 0.29) is 0 Å². The molecule has 1 atom stereocenters. The highest BCUT2D eigenvalue weighted by Crippen LogP contribution is 2.32. The molecule has 0 N–H and O–H groups in total. The third kappa shape index (κ3) is 0.872. The van der Waals surface area contributed by atoms with Crippen LogP contribution in [0.25, 0.3) is 0 Å². The third-order valence-electron chi connectivity index (χ3n) is 2.09. The van der Waals surface area contributed by atoms with Crippen LogP contribution in [0.1, 0.15) is 19.3 Å². The van der Waals surface area contributed by atoms with Crippen molar-refractivity contribution in [3.63, 3.8) is 0 Å². The van der Waals surface area contributed by atoms with Gasteiger partial charge in [-0.1, -0.05) is 0 Å². The standard InChI is InChI=1S/C7H8INO/c8-5-1-2-6-3-7(10)9(6)4-5/h4,6H,1-3H2/t6-/m1/s1. The van der Waals surface area contributed by atoms with Crippen molar-refractivity contribution in [2.45, 2.75) is 25.3 Å². The summed E-state index contributed by atoms with van der Waals surface area (Å²) < 4.78 is 1.31. The minimum atomic E-state index is 0.291. The Kier molecular flexibility index (Phi) is 1.47. The quantitative estimate of drug-likeness (QED) is 0.472. The summed E-state index contributed by atoms with van der Waals surface area (Å²) in [6, 6.07) is 0.547. The summed E-state index contributed by atoms with van der Waals surface area (Å²) in [4.78, 5) is 12.8. The van der Waals surface area contributed by atoms with Crippen molar-refractivity contribution in [3.8, 4) is 0 Å². The first-order chi connectivity index (χ1) is 4.77. The predicted molar refractivity (Wildman–Crippen MR) is 46.6 cm³/mol. The van der Waals surface area contributed by atoms with E-state index in [2.05, 4.69) is 22.6 Å². The molecule has 0 aliphatic carbocycles. The Morgan fingerprint density at radius 1 is 1.70 bits per heavy atom. The maximum absolute atomic E-state index is 10.9. The van der Waals surface area contributed by atoms with E-state index in [1.165, 1.54) is 10.0 Å². The molecule has 2 nitrogen and oxygen atoms in total. The molecule has 2 heterocycles. The van der Waals surface area contributed by atoms with Crippen LogP contribution in [0.2, 0.25) is 0 Å². The molecule has 2 aliphatic heterocycles. The molecule has 1 amide bonds. The lowest BCUT2D eigenvalue weighted by Gasteiger charge is -2.40. The number of nitrogens with zero attached hydrogens (tertiary/aromatic N) is 1. The number of hydrogen-bond acceptors (Lipinski definition) is 1. The van der Waals surface area contributed by atoms with Crippen molar-refractivity contribution in [3.05, 3.63) is 9.78 Å². The van der Waals surface area contributed by atoms with Gasteiger partial charge in [-0.05, 0) is 35.4 Å². The Labute approximate surface area is 73.4 Å². The van der Waals surface area contributed by atoms with Crippen molar-refractivity contribution < 1.29 is 4.79 Å². The van der Waals surface area contributed by atoms with Gasteiger partial charge in [-0.25, -0.2) is 0 Å². The molecule has 0 spiro atoms. The van der Waals surface area contributed by atoms with Crippen LogP contribution in [0, 0.1) is 0 Å². The molecular formula is C7H8INO. The second kappa shape index (κ2) is 2.22. The molecule has 2 rings (SSSR count). The van der Waals surface area contributed by atoms with E-state index < -0.39 is 0 Å². The van der Waals surface area contributed by atoms with Crippen molar-refractivity contribution in [1.29, 1.82) is 0 Å². The molecule has 1 saturated heterocycles. The molecule has 10 heavy (non-hydrogen) atoms. The fourth-order valence-corrected chi connectivity index (χ4v) is 2.05. The molecule has 2 aliphatic rings. The summed E-state index contributed by atoms with van der Waals surface area (Å²) in [7, 11) is 0. The molecule has 0 radical (unpaired) electrons. The van der Waals surface area contributed by atoms with Gasteiger partial charge >= 0.3 is 0 Å². The average molecular weight is 249 g/mol. The van der Waals surface area contributed by atoms with Crippen LogP contribution < -0.4 is 0 Å². The van der Waals surface area contributed by atoms with Gasteiger partial charge in [-0.2, -0.15) is 0 Å². The van der Waals surface area contributed by atoms with Crippen LogP contribution in [0.15, 0.2) is 9.78 Å². The molecule has 0 bridgehead atoms. The maximum atomic E-state index is 10.9. The lowest BCUT2D eigenvalue weighted by Crippen LogP contribution is -2.50. The molecule has 54 valence electrons. The lowest BCUT2D eigenvalue weighted by atomic mass is 9.95. The summed E-state index contributed by atoms with van der Waals surface area (Å²) in [5, 5.41) is 0. The summed E-state index contributed by atoms with van der Waals surface area (Å²) in [6.07, 6.45) is 5.09. The molecule has 0 aromatic rings. The Morgan fingerprint density at radius 3 is 3.10 bits per heavy atom. The minimum absolute atomic E-state index is 0.291. The zero-order valence-corrected chi connectivity index (χ0v) is 7.67. The van der Waals surface area contributed by atoms with Crippen LogP contribution in [0.5, 0.6) is 0 Å². The normalized spacial score (nSPS) is 30.9. The number of carbonyl (C=O) groups is 1. The van der Waals surface area contributed by atoms with Gasteiger partial charge in [0.05, 0.1) is 0 Å². The van der Waals surface area contributed by atoms with Crippen molar-refractivity contribution in [2.24, 2.45) is 0 Å². The summed E-state index contributed by atoms with van der Waals surface area (Å²) in [5.74, 6) is 0.291. The highest BCUT2D eigenvalue weighted by molar-refractivity contribution is 14.1. The molecular weight excluding hydrogens is 241 g/mol. The van der Waals surface area contributed by atoms with Crippen LogP contribution in [0.4, 0.5) is 0 Å². The monoisotopic (exact) mass is 249 g/mol. The van der Waals surface area contributed by atoms with Crippen LogP contribution in [-0.4, -0.2) is 16.8 Å². The number of allylic oxidation sites excluding steroid dienone is 1. The number of halogens is 1. The lowest BCUT2D eigenvalue weighted by molar-refractivity contribution is -0.142. The fraction of sp³-hybridized carbons (Fsp3) is 0.571. The predicted octanol–water partition coefficient (Wildman–Crippen LogP) is 1.66. The number of fused-ring (bicyclic) bond motifs is 1. The molecule has 0 unspecified atom stereocenters. The van der Waals surface area contributed by atoms with Gasteiger partial charge in [0, 0.05) is 22.2 Å². The van der Waals surface area contributed by atoms with Gasteiger partial charge in [0.2, 0.25) is 5.91 Å². The Balaban J connectivity index is 2.18. The van der Waals surface area contributed by atoms with Crippen molar-refractivity contribution in [1.82, 2.24) is 4.90 Å². The fourth-order valence-electron chi connectivity index (χ4n) is 1.44. The molecule has 0 saturated carbocycles. The molecule has 1 fully saturated rings. The number of amides is 1. The van der Waals surface area contributed by atoms with E-state index in [1.807, 2.05) is 11.1 Å². The molecule has 3 heteroatoms. The Bertz CT molecular complexity index is 212. The van der Waals surface area contributed by atoms with E-state index >= 15 is 0 Å². The molecule has 0 aromatic heterocycles. The zero-order valence-electron chi connectivity index (χ0n) is 5.51. The van der Waals surface area contributed by atoms with Crippen molar-refractivity contribution >= 4 is 28.5 Å². The second-order valence-electron chi connectivity index (χ2n) is 2.77. The summed E-state index contributed by atoms with van der Waals surface area (Å²) >= 11 is 2.29. The SMILES string of the molecule is O=C1C[C@H]2CCC(I)=CN12. The third-order valence-corrected chi connectivity index (χ3v) is 2.91. The van der Waals surface area contributed by atoms with E-state index in [0.717, 1.165) is 12.8 Å². The first kappa shape index (κ1) is 6.64. The second-order valence-corrected chi connectivity index (χ2v) is 4.16. The minimum Gasteiger partial charge on any atom is -0.315 e. The maximum Gasteiger partial charge on any atom is 0.228 e. The van der Waals surface area contributed by atoms with Gasteiger partial charge in [0.25, 0.3) is 0 Å². The summed E-state index contributed by atoms with van der Waals surface area (Å²) in [5.41, 5.74) is 0. The molecule has 0 aromatic carbocycles. The van der Waals surface area contributed by atoms with Crippen molar-refractivity contribution in [2.75, 3.05) is 0 Å². The number of rotatable bonds is 0. The van der Waals surface area contributed by atoms with Gasteiger partial charge in [0.15, 0.2) is 0 Å². The van der Waals surface area contributed by atoms with Gasteiger partial charge in [-0.15, -0.1) is 0 Å². The van der Waals surface area contributed by atoms with E-state index in [4.69, 9.17) is 0 Å². The first-order valence-electron chi connectivity index (χ1n) is 3.45. The van der Waals surface area contributed by atoms with Gasteiger partial charge in [0.1, 0.15) is 0 Å². The topological polar surface area (TPSA) is 20.3 Å². The van der Waals surface area contributed by atoms with Gasteiger partial charge in [-0.3, -0.25) is 4.79 Å².